The summed E-state index contributed by atoms with van der Waals surface area (Å²) >= 11 is 0. The Labute approximate surface area is 77.3 Å². The van der Waals surface area contributed by atoms with E-state index in [1.165, 1.54) is 6.26 Å². The number of nitrogens with zero attached hydrogens (tertiary/aromatic N) is 1. The maximum atomic E-state index is 11.4. The number of rotatable bonds is 2. The predicted molar refractivity (Wildman–Crippen MR) is 47.8 cm³/mol. The Morgan fingerprint density at radius 2 is 2.31 bits per heavy atom. The molecule has 1 aromatic rings. The lowest BCUT2D eigenvalue weighted by Crippen LogP contribution is -2.34. The summed E-state index contributed by atoms with van der Waals surface area (Å²) in [6.45, 7) is 6.02. The maximum absolute atomic E-state index is 11.4. The molecule has 0 aliphatic rings. The monoisotopic (exact) mass is 182 g/mol. The highest BCUT2D eigenvalue weighted by molar-refractivity contribution is 5.81. The predicted octanol–water partition coefficient (Wildman–Crippen LogP) is 1.34. The Morgan fingerprint density at radius 1 is 1.62 bits per heavy atom. The first-order chi connectivity index (χ1) is 6.00. The summed E-state index contributed by atoms with van der Waals surface area (Å²) in [7, 11) is 0. The van der Waals surface area contributed by atoms with Gasteiger partial charge < -0.3 is 9.84 Å². The van der Waals surface area contributed by atoms with Crippen LogP contribution in [-0.2, 0) is 11.3 Å². The molecule has 0 aliphatic carbocycles. The number of amides is 1. The molecule has 4 nitrogen and oxygen atoms in total. The van der Waals surface area contributed by atoms with Crippen LogP contribution < -0.4 is 5.32 Å². The highest BCUT2D eigenvalue weighted by Crippen LogP contribution is 2.12. The zero-order chi connectivity index (χ0) is 9.90. The largest absolute Gasteiger partial charge is 0.364 e. The van der Waals surface area contributed by atoms with Crippen LogP contribution in [0.2, 0.25) is 0 Å². The van der Waals surface area contributed by atoms with Crippen molar-refractivity contribution in [3.8, 4) is 0 Å². The molecule has 0 aliphatic heterocycles. The molecule has 1 rings (SSSR count). The molecule has 4 heteroatoms. The lowest BCUT2D eigenvalue weighted by atomic mass is 9.96. The van der Waals surface area contributed by atoms with Crippen LogP contribution in [0, 0.1) is 5.41 Å². The average Bonchev–Trinajstić information content (AvgIpc) is 2.50. The van der Waals surface area contributed by atoms with Gasteiger partial charge in [0.1, 0.15) is 12.0 Å². The highest BCUT2D eigenvalue weighted by atomic mass is 16.5. The van der Waals surface area contributed by atoms with E-state index in [2.05, 4.69) is 15.0 Å². The Hall–Kier alpha value is -1.32. The smallest absolute Gasteiger partial charge is 0.225 e. The minimum absolute atomic E-state index is 0.00972. The van der Waals surface area contributed by atoms with Crippen LogP contribution >= 0.6 is 0 Å². The molecule has 0 atom stereocenters. The molecule has 72 valence electrons. The third-order valence-corrected chi connectivity index (χ3v) is 1.60. The van der Waals surface area contributed by atoms with Crippen molar-refractivity contribution in [1.82, 2.24) is 10.5 Å². The summed E-state index contributed by atoms with van der Waals surface area (Å²) in [5.41, 5.74) is 0.376. The molecular weight excluding hydrogens is 168 g/mol. The summed E-state index contributed by atoms with van der Waals surface area (Å²) in [6.07, 6.45) is 1.48. The van der Waals surface area contributed by atoms with Gasteiger partial charge in [0.25, 0.3) is 0 Å². The van der Waals surface area contributed by atoms with E-state index in [-0.39, 0.29) is 11.3 Å². The van der Waals surface area contributed by atoms with Crippen LogP contribution in [-0.4, -0.2) is 11.1 Å². The first kappa shape index (κ1) is 9.77. The van der Waals surface area contributed by atoms with Crippen molar-refractivity contribution in [2.75, 3.05) is 0 Å². The van der Waals surface area contributed by atoms with Crippen molar-refractivity contribution < 1.29 is 9.32 Å². The molecule has 0 spiro atoms. The SMILES string of the molecule is CC(C)(C)C(=O)NCc1ccon1. The number of nitrogens with one attached hydrogen (secondary N) is 1. The van der Waals surface area contributed by atoms with Gasteiger partial charge in [-0.2, -0.15) is 0 Å². The maximum Gasteiger partial charge on any atom is 0.225 e. The minimum atomic E-state index is -0.357. The Bertz CT molecular complexity index is 272. The topological polar surface area (TPSA) is 55.1 Å². The molecule has 0 saturated heterocycles. The Kier molecular flexibility index (Phi) is 2.70. The van der Waals surface area contributed by atoms with E-state index in [4.69, 9.17) is 0 Å². The van der Waals surface area contributed by atoms with Gasteiger partial charge in [0.15, 0.2) is 0 Å². The molecule has 0 radical (unpaired) electrons. The van der Waals surface area contributed by atoms with Gasteiger partial charge in [-0.1, -0.05) is 25.9 Å². The van der Waals surface area contributed by atoms with Gasteiger partial charge in [-0.3, -0.25) is 4.79 Å². The molecule has 1 heterocycles. The van der Waals surface area contributed by atoms with Crippen LogP contribution in [0.15, 0.2) is 16.9 Å². The second-order valence-corrected chi connectivity index (χ2v) is 3.92. The van der Waals surface area contributed by atoms with E-state index in [1.807, 2.05) is 20.8 Å². The van der Waals surface area contributed by atoms with Crippen LogP contribution in [0.1, 0.15) is 26.5 Å². The van der Waals surface area contributed by atoms with E-state index >= 15 is 0 Å². The fourth-order valence-corrected chi connectivity index (χ4v) is 0.765. The molecular formula is C9H14N2O2. The van der Waals surface area contributed by atoms with Gasteiger partial charge in [0.2, 0.25) is 5.91 Å². The lowest BCUT2D eigenvalue weighted by Gasteiger charge is -2.16. The van der Waals surface area contributed by atoms with Crippen molar-refractivity contribution in [3.05, 3.63) is 18.0 Å². The summed E-state index contributed by atoms with van der Waals surface area (Å²) in [5, 5.41) is 6.44. The first-order valence-electron chi connectivity index (χ1n) is 4.18. The van der Waals surface area contributed by atoms with Crippen molar-refractivity contribution in [3.63, 3.8) is 0 Å². The molecule has 0 unspecified atom stereocenters. The third-order valence-electron chi connectivity index (χ3n) is 1.60. The van der Waals surface area contributed by atoms with Crippen molar-refractivity contribution >= 4 is 5.91 Å². The molecule has 1 N–H and O–H groups in total. The Morgan fingerprint density at radius 3 is 2.77 bits per heavy atom. The van der Waals surface area contributed by atoms with Gasteiger partial charge in [-0.15, -0.1) is 0 Å². The van der Waals surface area contributed by atoms with E-state index in [0.29, 0.717) is 6.54 Å². The van der Waals surface area contributed by atoms with E-state index < -0.39 is 0 Å². The van der Waals surface area contributed by atoms with Gasteiger partial charge in [-0.25, -0.2) is 0 Å². The minimum Gasteiger partial charge on any atom is -0.364 e. The van der Waals surface area contributed by atoms with Crippen molar-refractivity contribution in [2.24, 2.45) is 5.41 Å². The number of carbonyl (C=O) groups excluding carboxylic acids is 1. The number of carbonyl (C=O) groups is 1. The van der Waals surface area contributed by atoms with Crippen molar-refractivity contribution in [2.45, 2.75) is 27.3 Å². The fraction of sp³-hybridized carbons (Fsp3) is 0.556. The zero-order valence-electron chi connectivity index (χ0n) is 8.13. The zero-order valence-corrected chi connectivity index (χ0v) is 8.13. The van der Waals surface area contributed by atoms with Crippen LogP contribution in [0.4, 0.5) is 0 Å². The van der Waals surface area contributed by atoms with Gasteiger partial charge in [0, 0.05) is 11.5 Å². The van der Waals surface area contributed by atoms with Crippen LogP contribution in [0.25, 0.3) is 0 Å². The molecule has 1 aromatic heterocycles. The summed E-state index contributed by atoms with van der Waals surface area (Å²) in [6, 6.07) is 1.73. The van der Waals surface area contributed by atoms with Crippen LogP contribution in [0.5, 0.6) is 0 Å². The number of hydrogen-bond donors (Lipinski definition) is 1. The average molecular weight is 182 g/mol. The Balaban J connectivity index is 2.40. The fourth-order valence-electron chi connectivity index (χ4n) is 0.765. The first-order valence-corrected chi connectivity index (χ1v) is 4.18. The van der Waals surface area contributed by atoms with E-state index in [0.717, 1.165) is 5.69 Å². The number of hydrogen-bond acceptors (Lipinski definition) is 3. The van der Waals surface area contributed by atoms with E-state index in [9.17, 15) is 4.79 Å². The lowest BCUT2D eigenvalue weighted by molar-refractivity contribution is -0.128. The normalized spacial score (nSPS) is 11.3. The van der Waals surface area contributed by atoms with Crippen LogP contribution in [0.3, 0.4) is 0 Å². The highest BCUT2D eigenvalue weighted by Gasteiger charge is 2.20. The summed E-state index contributed by atoms with van der Waals surface area (Å²) in [5.74, 6) is 0.00972. The molecule has 0 aromatic carbocycles. The van der Waals surface area contributed by atoms with Gasteiger partial charge in [0.05, 0.1) is 6.54 Å². The summed E-state index contributed by atoms with van der Waals surface area (Å²) in [4.78, 5) is 11.4. The second kappa shape index (κ2) is 3.60. The molecule has 0 saturated carbocycles. The second-order valence-electron chi connectivity index (χ2n) is 3.92. The third kappa shape index (κ3) is 2.89. The summed E-state index contributed by atoms with van der Waals surface area (Å²) < 4.78 is 4.63. The molecule has 1 amide bonds. The molecule has 13 heavy (non-hydrogen) atoms. The number of aromatic nitrogens is 1. The van der Waals surface area contributed by atoms with Gasteiger partial charge >= 0.3 is 0 Å². The van der Waals surface area contributed by atoms with E-state index in [1.54, 1.807) is 6.07 Å². The van der Waals surface area contributed by atoms with Crippen molar-refractivity contribution in [1.29, 1.82) is 0 Å². The standard InChI is InChI=1S/C9H14N2O2/c1-9(2,3)8(12)10-6-7-4-5-13-11-7/h4-5H,6H2,1-3H3,(H,10,12). The van der Waals surface area contributed by atoms with Gasteiger partial charge in [-0.05, 0) is 0 Å². The molecule has 0 bridgehead atoms. The molecule has 0 fully saturated rings. The quantitative estimate of drug-likeness (QED) is 0.750.